The minimum atomic E-state index is -0.576. The van der Waals surface area contributed by atoms with Crippen LogP contribution in [-0.2, 0) is 0 Å². The number of primary amides is 1. The number of halogens is 1. The Morgan fingerprint density at radius 1 is 1.20 bits per heavy atom. The number of carbonyl (C=O) groups is 1. The second-order valence-corrected chi connectivity index (χ2v) is 4.42. The molecule has 1 amide bonds. The summed E-state index contributed by atoms with van der Waals surface area (Å²) < 4.78 is 10.7. The first kappa shape index (κ1) is 14.0. The number of hydrogen-bond donors (Lipinski definition) is 2. The van der Waals surface area contributed by atoms with Gasteiger partial charge in [-0.05, 0) is 24.3 Å². The predicted octanol–water partition coefficient (Wildman–Crippen LogP) is 2.82. The molecule has 0 atom stereocenters. The molecular formula is C14H13ClN2O3. The first-order chi connectivity index (χ1) is 9.51. The van der Waals surface area contributed by atoms with Crippen molar-refractivity contribution in [3.05, 3.63) is 47.0 Å². The molecule has 104 valence electrons. The molecule has 0 bridgehead atoms. The largest absolute Gasteiger partial charge is 0.497 e. The Bertz CT molecular complexity index is 659. The molecule has 2 aromatic rings. The zero-order valence-corrected chi connectivity index (χ0v) is 11.5. The van der Waals surface area contributed by atoms with E-state index in [2.05, 4.69) is 0 Å². The number of rotatable bonds is 4. The number of ether oxygens (including phenoxy) is 2. The van der Waals surface area contributed by atoms with E-state index in [0.29, 0.717) is 28.0 Å². The van der Waals surface area contributed by atoms with Crippen molar-refractivity contribution in [2.24, 2.45) is 5.73 Å². The second-order valence-electron chi connectivity index (χ2n) is 4.02. The normalized spacial score (nSPS) is 10.1. The third kappa shape index (κ3) is 2.95. The summed E-state index contributed by atoms with van der Waals surface area (Å²) in [6, 6.07) is 9.69. The smallest absolute Gasteiger partial charge is 0.248 e. The van der Waals surface area contributed by atoms with Crippen LogP contribution in [0.25, 0.3) is 0 Å². The highest BCUT2D eigenvalue weighted by atomic mass is 35.5. The Labute approximate surface area is 121 Å². The molecule has 5 nitrogen and oxygen atoms in total. The zero-order valence-electron chi connectivity index (χ0n) is 10.7. The van der Waals surface area contributed by atoms with Crippen LogP contribution in [0.15, 0.2) is 36.4 Å². The molecule has 2 aromatic carbocycles. The summed E-state index contributed by atoms with van der Waals surface area (Å²) in [6.45, 7) is 0. The number of nitrogen functional groups attached to an aromatic ring is 1. The standard InChI is InChI=1S/C14H13ClN2O3/c1-19-9-5-8(14(17)18)6-10(7-9)20-12-4-2-3-11(15)13(12)16/h2-7H,16H2,1H3,(H2,17,18). The minimum absolute atomic E-state index is 0.278. The molecule has 20 heavy (non-hydrogen) atoms. The van der Waals surface area contributed by atoms with Gasteiger partial charge in [-0.15, -0.1) is 0 Å². The molecule has 0 aliphatic rings. The number of methoxy groups -OCH3 is 1. The highest BCUT2D eigenvalue weighted by Gasteiger charge is 2.10. The lowest BCUT2D eigenvalue weighted by atomic mass is 10.2. The summed E-state index contributed by atoms with van der Waals surface area (Å²) in [5.74, 6) is 0.651. The highest BCUT2D eigenvalue weighted by Crippen LogP contribution is 2.34. The fourth-order valence-electron chi connectivity index (χ4n) is 1.62. The van der Waals surface area contributed by atoms with Crippen molar-refractivity contribution in [2.75, 3.05) is 12.8 Å². The Morgan fingerprint density at radius 2 is 1.90 bits per heavy atom. The SMILES string of the molecule is COc1cc(Oc2cccc(Cl)c2N)cc(C(N)=O)c1. The van der Waals surface area contributed by atoms with E-state index in [1.54, 1.807) is 24.3 Å². The predicted molar refractivity (Wildman–Crippen MR) is 77.5 cm³/mol. The van der Waals surface area contributed by atoms with Crippen molar-refractivity contribution < 1.29 is 14.3 Å². The fourth-order valence-corrected chi connectivity index (χ4v) is 1.79. The van der Waals surface area contributed by atoms with Crippen molar-refractivity contribution in [3.63, 3.8) is 0 Å². The number of carbonyl (C=O) groups excluding carboxylic acids is 1. The maximum atomic E-state index is 11.3. The molecule has 0 spiro atoms. The van der Waals surface area contributed by atoms with Gasteiger partial charge in [-0.1, -0.05) is 17.7 Å². The lowest BCUT2D eigenvalue weighted by Gasteiger charge is -2.11. The summed E-state index contributed by atoms with van der Waals surface area (Å²) in [7, 11) is 1.48. The van der Waals surface area contributed by atoms with Crippen LogP contribution in [0.1, 0.15) is 10.4 Å². The molecule has 0 saturated carbocycles. The summed E-state index contributed by atoms with van der Waals surface area (Å²) in [5, 5.41) is 0.389. The Hall–Kier alpha value is -2.40. The minimum Gasteiger partial charge on any atom is -0.497 e. The second kappa shape index (κ2) is 5.71. The van der Waals surface area contributed by atoms with Crippen LogP contribution in [0.5, 0.6) is 17.2 Å². The van der Waals surface area contributed by atoms with Crippen LogP contribution in [0.2, 0.25) is 5.02 Å². The molecule has 0 saturated heterocycles. The summed E-state index contributed by atoms with van der Waals surface area (Å²) >= 11 is 5.92. The highest BCUT2D eigenvalue weighted by molar-refractivity contribution is 6.33. The van der Waals surface area contributed by atoms with Crippen molar-refractivity contribution >= 4 is 23.2 Å². The van der Waals surface area contributed by atoms with Gasteiger partial charge in [-0.25, -0.2) is 0 Å². The Morgan fingerprint density at radius 3 is 2.55 bits per heavy atom. The van der Waals surface area contributed by atoms with E-state index in [1.807, 2.05) is 0 Å². The number of nitrogens with two attached hydrogens (primary N) is 2. The van der Waals surface area contributed by atoms with Crippen molar-refractivity contribution in [1.82, 2.24) is 0 Å². The van der Waals surface area contributed by atoms with Crippen molar-refractivity contribution in [2.45, 2.75) is 0 Å². The van der Waals surface area contributed by atoms with Crippen molar-refractivity contribution in [1.29, 1.82) is 0 Å². The van der Waals surface area contributed by atoms with Crippen LogP contribution >= 0.6 is 11.6 Å². The van der Waals surface area contributed by atoms with Gasteiger partial charge in [0.1, 0.15) is 11.5 Å². The van der Waals surface area contributed by atoms with E-state index < -0.39 is 5.91 Å². The molecule has 0 aromatic heterocycles. The van der Waals surface area contributed by atoms with Gasteiger partial charge < -0.3 is 20.9 Å². The molecule has 4 N–H and O–H groups in total. The van der Waals surface area contributed by atoms with Gasteiger partial charge in [-0.2, -0.15) is 0 Å². The third-order valence-corrected chi connectivity index (χ3v) is 2.97. The number of amides is 1. The quantitative estimate of drug-likeness (QED) is 0.848. The monoisotopic (exact) mass is 292 g/mol. The molecule has 0 radical (unpaired) electrons. The summed E-state index contributed by atoms with van der Waals surface area (Å²) in [6.07, 6.45) is 0. The van der Waals surface area contributed by atoms with Crippen LogP contribution in [-0.4, -0.2) is 13.0 Å². The van der Waals surface area contributed by atoms with E-state index in [-0.39, 0.29) is 5.56 Å². The Kier molecular flexibility index (Phi) is 4.00. The fraction of sp³-hybridized carbons (Fsp3) is 0.0714. The van der Waals surface area contributed by atoms with Gasteiger partial charge in [-0.3, -0.25) is 4.79 Å². The molecule has 0 aliphatic carbocycles. The topological polar surface area (TPSA) is 87.6 Å². The molecule has 0 unspecified atom stereocenters. The van der Waals surface area contributed by atoms with E-state index in [1.165, 1.54) is 19.2 Å². The summed E-state index contributed by atoms with van der Waals surface area (Å²) in [4.78, 5) is 11.3. The van der Waals surface area contributed by atoms with Gasteiger partial charge in [0.25, 0.3) is 0 Å². The van der Waals surface area contributed by atoms with E-state index in [0.717, 1.165) is 0 Å². The first-order valence-electron chi connectivity index (χ1n) is 5.72. The molecular weight excluding hydrogens is 280 g/mol. The number of para-hydroxylation sites is 1. The van der Waals surface area contributed by atoms with Gasteiger partial charge in [0.15, 0.2) is 5.75 Å². The Balaban J connectivity index is 2.40. The summed E-state index contributed by atoms with van der Waals surface area (Å²) in [5.41, 5.74) is 11.7. The third-order valence-electron chi connectivity index (χ3n) is 2.64. The van der Waals surface area contributed by atoms with Gasteiger partial charge >= 0.3 is 0 Å². The van der Waals surface area contributed by atoms with Gasteiger partial charge in [0.2, 0.25) is 5.91 Å². The molecule has 2 rings (SSSR count). The number of benzene rings is 2. The number of hydrogen-bond acceptors (Lipinski definition) is 4. The lowest BCUT2D eigenvalue weighted by Crippen LogP contribution is -2.11. The van der Waals surface area contributed by atoms with Crippen LogP contribution in [0, 0.1) is 0 Å². The first-order valence-corrected chi connectivity index (χ1v) is 6.10. The van der Waals surface area contributed by atoms with E-state index in [4.69, 9.17) is 32.5 Å². The zero-order chi connectivity index (χ0) is 14.7. The average Bonchev–Trinajstić information content (AvgIpc) is 2.43. The van der Waals surface area contributed by atoms with Crippen LogP contribution in [0.4, 0.5) is 5.69 Å². The maximum absolute atomic E-state index is 11.3. The lowest BCUT2D eigenvalue weighted by molar-refractivity contribution is 0.0999. The number of anilines is 1. The molecule has 0 fully saturated rings. The van der Waals surface area contributed by atoms with Gasteiger partial charge in [0.05, 0.1) is 17.8 Å². The van der Waals surface area contributed by atoms with E-state index in [9.17, 15) is 4.79 Å². The van der Waals surface area contributed by atoms with Crippen LogP contribution < -0.4 is 20.9 Å². The van der Waals surface area contributed by atoms with Gasteiger partial charge in [0, 0.05) is 11.6 Å². The maximum Gasteiger partial charge on any atom is 0.248 e. The molecule has 0 heterocycles. The molecule has 0 aliphatic heterocycles. The van der Waals surface area contributed by atoms with E-state index >= 15 is 0 Å². The van der Waals surface area contributed by atoms with Crippen LogP contribution in [0.3, 0.4) is 0 Å². The van der Waals surface area contributed by atoms with Crippen molar-refractivity contribution in [3.8, 4) is 17.2 Å². The molecule has 6 heteroatoms. The average molecular weight is 293 g/mol.